The Kier molecular flexibility index (Phi) is 7.48. The standard InChI is InChI=1S/C10H15NO5/c1-3-6-16-10(14)11-7-8(12)4-5-9(13)15-2/h3H,1,4-7H2,2H3,(H,11,14). The molecule has 0 aliphatic heterocycles. The highest BCUT2D eigenvalue weighted by Crippen LogP contribution is 1.92. The summed E-state index contributed by atoms with van der Waals surface area (Å²) in [6, 6.07) is 0. The minimum atomic E-state index is -0.689. The summed E-state index contributed by atoms with van der Waals surface area (Å²) in [6.07, 6.45) is 0.775. The monoisotopic (exact) mass is 229 g/mol. The van der Waals surface area contributed by atoms with Crippen LogP contribution < -0.4 is 5.32 Å². The summed E-state index contributed by atoms with van der Waals surface area (Å²) >= 11 is 0. The highest BCUT2D eigenvalue weighted by atomic mass is 16.5. The lowest BCUT2D eigenvalue weighted by molar-refractivity contribution is -0.141. The second-order valence-electron chi connectivity index (χ2n) is 2.86. The Labute approximate surface area is 93.6 Å². The van der Waals surface area contributed by atoms with Gasteiger partial charge >= 0.3 is 12.1 Å². The lowest BCUT2D eigenvalue weighted by atomic mass is 10.2. The number of hydrogen-bond donors (Lipinski definition) is 1. The quantitative estimate of drug-likeness (QED) is 0.505. The van der Waals surface area contributed by atoms with Gasteiger partial charge in [0.15, 0.2) is 5.78 Å². The number of methoxy groups -OCH3 is 1. The second kappa shape index (κ2) is 8.46. The summed E-state index contributed by atoms with van der Waals surface area (Å²) in [7, 11) is 1.25. The molecule has 0 atom stereocenters. The SMILES string of the molecule is C=CCOC(=O)NCC(=O)CCC(=O)OC. The van der Waals surface area contributed by atoms with Crippen LogP contribution in [-0.2, 0) is 19.1 Å². The number of esters is 1. The first kappa shape index (κ1) is 14.2. The van der Waals surface area contributed by atoms with Gasteiger partial charge in [0, 0.05) is 6.42 Å². The first-order chi connectivity index (χ1) is 7.60. The average Bonchev–Trinajstić information content (AvgIpc) is 2.30. The summed E-state index contributed by atoms with van der Waals surface area (Å²) < 4.78 is 8.94. The number of amides is 1. The number of hydrogen-bond acceptors (Lipinski definition) is 5. The molecule has 0 fully saturated rings. The van der Waals surface area contributed by atoms with Gasteiger partial charge in [-0.3, -0.25) is 9.59 Å². The van der Waals surface area contributed by atoms with E-state index < -0.39 is 12.1 Å². The fraction of sp³-hybridized carbons (Fsp3) is 0.500. The number of nitrogens with one attached hydrogen (secondary N) is 1. The van der Waals surface area contributed by atoms with Gasteiger partial charge in [0.2, 0.25) is 0 Å². The van der Waals surface area contributed by atoms with Crippen molar-refractivity contribution in [1.82, 2.24) is 5.32 Å². The van der Waals surface area contributed by atoms with Gasteiger partial charge in [-0.2, -0.15) is 0 Å². The molecule has 0 bridgehead atoms. The third kappa shape index (κ3) is 7.54. The van der Waals surface area contributed by atoms with Gasteiger partial charge in [0.25, 0.3) is 0 Å². The molecule has 0 aliphatic rings. The van der Waals surface area contributed by atoms with Crippen LogP contribution in [0, 0.1) is 0 Å². The molecule has 0 spiro atoms. The first-order valence-electron chi connectivity index (χ1n) is 4.70. The minimum absolute atomic E-state index is 0.0126. The fourth-order valence-electron chi connectivity index (χ4n) is 0.788. The molecule has 0 aromatic carbocycles. The number of Topliss-reactive ketones (excluding diaryl/α,β-unsaturated/α-hetero) is 1. The van der Waals surface area contributed by atoms with Crippen LogP contribution in [0.3, 0.4) is 0 Å². The van der Waals surface area contributed by atoms with Crippen molar-refractivity contribution in [1.29, 1.82) is 0 Å². The molecule has 16 heavy (non-hydrogen) atoms. The molecule has 90 valence electrons. The van der Waals surface area contributed by atoms with Crippen molar-refractivity contribution in [3.63, 3.8) is 0 Å². The van der Waals surface area contributed by atoms with Crippen LogP contribution >= 0.6 is 0 Å². The molecule has 0 saturated carbocycles. The zero-order valence-electron chi connectivity index (χ0n) is 9.15. The molecule has 0 unspecified atom stereocenters. The Morgan fingerprint density at radius 2 is 2.00 bits per heavy atom. The number of carbonyl (C=O) groups is 3. The summed E-state index contributed by atoms with van der Waals surface area (Å²) in [6.45, 7) is 3.29. The summed E-state index contributed by atoms with van der Waals surface area (Å²) in [5.74, 6) is -0.719. The van der Waals surface area contributed by atoms with E-state index in [9.17, 15) is 14.4 Å². The second-order valence-corrected chi connectivity index (χ2v) is 2.86. The van der Waals surface area contributed by atoms with Crippen LogP contribution in [0.25, 0.3) is 0 Å². The fourth-order valence-corrected chi connectivity index (χ4v) is 0.788. The average molecular weight is 229 g/mol. The molecule has 6 nitrogen and oxygen atoms in total. The molecule has 0 aromatic rings. The number of rotatable bonds is 7. The van der Waals surface area contributed by atoms with Crippen LogP contribution in [0.15, 0.2) is 12.7 Å². The van der Waals surface area contributed by atoms with Crippen molar-refractivity contribution < 1.29 is 23.9 Å². The maximum absolute atomic E-state index is 11.1. The lowest BCUT2D eigenvalue weighted by Gasteiger charge is -2.04. The van der Waals surface area contributed by atoms with Crippen LogP contribution in [0.2, 0.25) is 0 Å². The summed E-state index contributed by atoms with van der Waals surface area (Å²) in [4.78, 5) is 32.7. The third-order valence-corrected chi connectivity index (χ3v) is 1.60. The van der Waals surface area contributed by atoms with E-state index in [1.807, 2.05) is 0 Å². The van der Waals surface area contributed by atoms with Crippen molar-refractivity contribution in [3.05, 3.63) is 12.7 Å². The zero-order valence-corrected chi connectivity index (χ0v) is 9.15. The lowest BCUT2D eigenvalue weighted by Crippen LogP contribution is -2.30. The molecule has 0 rings (SSSR count). The number of ether oxygens (including phenoxy) is 2. The van der Waals surface area contributed by atoms with E-state index in [0.29, 0.717) is 0 Å². The zero-order chi connectivity index (χ0) is 12.4. The molecule has 6 heteroatoms. The van der Waals surface area contributed by atoms with Gasteiger partial charge < -0.3 is 14.8 Å². The predicted molar refractivity (Wildman–Crippen MR) is 55.8 cm³/mol. The molecular formula is C10H15NO5. The number of carbonyl (C=O) groups excluding carboxylic acids is 3. The highest BCUT2D eigenvalue weighted by molar-refractivity contribution is 5.86. The van der Waals surface area contributed by atoms with Crippen molar-refractivity contribution in [2.75, 3.05) is 20.3 Å². The molecule has 0 heterocycles. The largest absolute Gasteiger partial charge is 0.469 e. The Morgan fingerprint density at radius 3 is 2.56 bits per heavy atom. The smallest absolute Gasteiger partial charge is 0.407 e. The van der Waals surface area contributed by atoms with Crippen LogP contribution in [0.5, 0.6) is 0 Å². The van der Waals surface area contributed by atoms with Crippen molar-refractivity contribution in [2.45, 2.75) is 12.8 Å². The van der Waals surface area contributed by atoms with Gasteiger partial charge in [-0.05, 0) is 0 Å². The molecule has 0 aliphatic carbocycles. The normalized spacial score (nSPS) is 9.06. The molecule has 0 radical (unpaired) electrons. The van der Waals surface area contributed by atoms with Crippen LogP contribution in [0.1, 0.15) is 12.8 Å². The van der Waals surface area contributed by atoms with Crippen LogP contribution in [-0.4, -0.2) is 38.1 Å². The highest BCUT2D eigenvalue weighted by Gasteiger charge is 2.08. The van der Waals surface area contributed by atoms with E-state index in [4.69, 9.17) is 0 Å². The Hall–Kier alpha value is -1.85. The van der Waals surface area contributed by atoms with E-state index in [1.165, 1.54) is 13.2 Å². The van der Waals surface area contributed by atoms with Gasteiger partial charge in [0.05, 0.1) is 20.1 Å². The topological polar surface area (TPSA) is 81.7 Å². The van der Waals surface area contributed by atoms with E-state index in [2.05, 4.69) is 21.4 Å². The molecule has 0 saturated heterocycles. The van der Waals surface area contributed by atoms with E-state index in [1.54, 1.807) is 0 Å². The van der Waals surface area contributed by atoms with Gasteiger partial charge in [-0.15, -0.1) is 0 Å². The Bertz CT molecular complexity index is 274. The minimum Gasteiger partial charge on any atom is -0.469 e. The van der Waals surface area contributed by atoms with Gasteiger partial charge in [0.1, 0.15) is 6.61 Å². The molecular weight excluding hydrogens is 214 g/mol. The van der Waals surface area contributed by atoms with Crippen LogP contribution in [0.4, 0.5) is 4.79 Å². The molecule has 1 N–H and O–H groups in total. The number of ketones is 1. The molecule has 0 aromatic heterocycles. The van der Waals surface area contributed by atoms with E-state index in [0.717, 1.165) is 0 Å². The first-order valence-corrected chi connectivity index (χ1v) is 4.70. The molecule has 1 amide bonds. The Morgan fingerprint density at radius 1 is 1.31 bits per heavy atom. The van der Waals surface area contributed by atoms with Gasteiger partial charge in [-0.1, -0.05) is 12.7 Å². The maximum Gasteiger partial charge on any atom is 0.407 e. The van der Waals surface area contributed by atoms with Crippen molar-refractivity contribution >= 4 is 17.8 Å². The summed E-state index contributed by atoms with van der Waals surface area (Å²) in [5, 5.41) is 2.25. The summed E-state index contributed by atoms with van der Waals surface area (Å²) in [5.41, 5.74) is 0. The number of alkyl carbamates (subject to hydrolysis) is 1. The van der Waals surface area contributed by atoms with Crippen molar-refractivity contribution in [2.24, 2.45) is 0 Å². The Balaban J connectivity index is 3.60. The van der Waals surface area contributed by atoms with Crippen molar-refractivity contribution in [3.8, 4) is 0 Å². The predicted octanol–water partition coefficient (Wildman–Crippen LogP) is 0.421. The van der Waals surface area contributed by atoms with E-state index >= 15 is 0 Å². The van der Waals surface area contributed by atoms with Gasteiger partial charge in [-0.25, -0.2) is 4.79 Å². The van der Waals surface area contributed by atoms with E-state index in [-0.39, 0.29) is 31.8 Å². The third-order valence-electron chi connectivity index (χ3n) is 1.60. The maximum atomic E-state index is 11.1.